The average Bonchev–Trinajstić information content (AvgIpc) is 2.87. The Bertz CT molecular complexity index is 741. The molecule has 0 N–H and O–H groups in total. The quantitative estimate of drug-likeness (QED) is 0.534. The molecular weight excluding hydrogens is 324 g/mol. The van der Waals surface area contributed by atoms with E-state index < -0.39 is 0 Å². The molecule has 4 atom stereocenters. The maximum absolute atomic E-state index is 12.7. The van der Waals surface area contributed by atoms with Crippen LogP contribution in [-0.2, 0) is 14.3 Å². The molecule has 0 aliphatic heterocycles. The fraction of sp³-hybridized carbons (Fsp3) is 0.739. The predicted molar refractivity (Wildman–Crippen MR) is 102 cm³/mol. The molecule has 26 heavy (non-hydrogen) atoms. The largest absolute Gasteiger partial charge is 0.380 e. The first-order valence-electron chi connectivity index (χ1n) is 10.2. The lowest BCUT2D eigenvalue weighted by atomic mass is 9.43. The summed E-state index contributed by atoms with van der Waals surface area (Å²) in [6.45, 7) is 10.1. The van der Waals surface area contributed by atoms with Gasteiger partial charge in [0.2, 0.25) is 11.6 Å². The van der Waals surface area contributed by atoms with E-state index in [1.54, 1.807) is 13.2 Å². The predicted octanol–water partition coefficient (Wildman–Crippen LogP) is 4.66. The number of ketones is 2. The van der Waals surface area contributed by atoms with Crippen molar-refractivity contribution >= 4 is 11.6 Å². The molecule has 4 aliphatic rings. The molecule has 0 aromatic rings. The van der Waals surface area contributed by atoms with Crippen molar-refractivity contribution in [2.24, 2.45) is 28.1 Å². The van der Waals surface area contributed by atoms with Crippen molar-refractivity contribution in [3.05, 3.63) is 22.8 Å². The van der Waals surface area contributed by atoms with Gasteiger partial charge in [-0.05, 0) is 77.4 Å². The van der Waals surface area contributed by atoms with Crippen LogP contribution in [0.15, 0.2) is 22.8 Å². The van der Waals surface area contributed by atoms with Gasteiger partial charge in [0.25, 0.3) is 0 Å². The number of methoxy groups -OCH3 is 1. The normalized spacial score (nSPS) is 41.5. The van der Waals surface area contributed by atoms with Gasteiger partial charge in [0, 0.05) is 12.7 Å². The van der Waals surface area contributed by atoms with Gasteiger partial charge in [-0.25, -0.2) is 0 Å². The van der Waals surface area contributed by atoms with Gasteiger partial charge in [-0.1, -0.05) is 34.1 Å². The summed E-state index contributed by atoms with van der Waals surface area (Å²) in [5, 5.41) is 0. The lowest BCUT2D eigenvalue weighted by Crippen LogP contribution is -2.54. The van der Waals surface area contributed by atoms with Crippen LogP contribution >= 0.6 is 0 Å². The third-order valence-corrected chi connectivity index (χ3v) is 8.50. The Labute approximate surface area is 157 Å². The van der Waals surface area contributed by atoms with Gasteiger partial charge in [-0.3, -0.25) is 9.59 Å². The Morgan fingerprint density at radius 3 is 2.50 bits per heavy atom. The summed E-state index contributed by atoms with van der Waals surface area (Å²) in [6.07, 6.45) is 8.48. The topological polar surface area (TPSA) is 43.4 Å². The molecule has 0 bridgehead atoms. The molecule has 0 aromatic carbocycles. The molecule has 0 unspecified atom stereocenters. The highest BCUT2D eigenvalue weighted by atomic mass is 16.5. The van der Waals surface area contributed by atoms with Crippen LogP contribution in [0.25, 0.3) is 0 Å². The van der Waals surface area contributed by atoms with Crippen LogP contribution in [-0.4, -0.2) is 25.3 Å². The first kappa shape index (κ1) is 18.2. The first-order chi connectivity index (χ1) is 12.1. The van der Waals surface area contributed by atoms with Crippen LogP contribution in [0.3, 0.4) is 0 Å². The standard InChI is InChI=1S/C23H32O3/c1-21(2)8-6-9-22(3)17(21)7-10-23(4)18(22)12-15-19(23)14(13-26-5)11-16(24)20(15)25/h11,17-18H,6-10,12-13H2,1-5H3/t17-,18+,22-,23-/m0/s1. The average molecular weight is 357 g/mol. The zero-order valence-corrected chi connectivity index (χ0v) is 16.9. The zero-order valence-electron chi connectivity index (χ0n) is 16.9. The lowest BCUT2D eigenvalue weighted by molar-refractivity contribution is -0.132. The number of hydrogen-bond donors (Lipinski definition) is 0. The number of fused-ring (bicyclic) bond motifs is 4. The van der Waals surface area contributed by atoms with Crippen molar-refractivity contribution in [3.63, 3.8) is 0 Å². The van der Waals surface area contributed by atoms with Gasteiger partial charge >= 0.3 is 0 Å². The van der Waals surface area contributed by atoms with Gasteiger partial charge in [0.15, 0.2) is 0 Å². The Balaban J connectivity index is 1.81. The van der Waals surface area contributed by atoms with Crippen LogP contribution in [0.5, 0.6) is 0 Å². The van der Waals surface area contributed by atoms with E-state index in [1.165, 1.54) is 25.7 Å². The summed E-state index contributed by atoms with van der Waals surface area (Å²) in [4.78, 5) is 25.0. The molecule has 0 aromatic heterocycles. The second-order valence-electron chi connectivity index (χ2n) is 10.3. The van der Waals surface area contributed by atoms with Gasteiger partial charge in [-0.15, -0.1) is 0 Å². The summed E-state index contributed by atoms with van der Waals surface area (Å²) in [5.74, 6) is 0.534. The summed E-state index contributed by atoms with van der Waals surface area (Å²) < 4.78 is 5.40. The summed E-state index contributed by atoms with van der Waals surface area (Å²) in [6, 6.07) is 0. The van der Waals surface area contributed by atoms with E-state index in [0.717, 1.165) is 29.6 Å². The molecule has 2 saturated carbocycles. The van der Waals surface area contributed by atoms with E-state index in [-0.39, 0.29) is 22.4 Å². The molecule has 4 rings (SSSR count). The van der Waals surface area contributed by atoms with E-state index in [2.05, 4.69) is 27.7 Å². The van der Waals surface area contributed by atoms with Gasteiger partial charge < -0.3 is 4.74 Å². The molecule has 0 heterocycles. The zero-order chi connectivity index (χ0) is 18.9. The van der Waals surface area contributed by atoms with Gasteiger partial charge in [-0.2, -0.15) is 0 Å². The monoisotopic (exact) mass is 356 g/mol. The molecular formula is C23H32O3. The fourth-order valence-corrected chi connectivity index (χ4v) is 7.54. The lowest BCUT2D eigenvalue weighted by Gasteiger charge is -2.61. The SMILES string of the molecule is COCC1=CC(=O)C(=O)C2=C1[C@@]1(C)CC[C@H]3C(C)(C)CCC[C@]3(C)[C@H]1C2. The maximum Gasteiger partial charge on any atom is 0.229 e. The highest BCUT2D eigenvalue weighted by Crippen LogP contribution is 2.70. The molecule has 2 fully saturated rings. The molecule has 0 saturated heterocycles. The van der Waals surface area contributed by atoms with E-state index in [4.69, 9.17) is 4.74 Å². The first-order valence-corrected chi connectivity index (χ1v) is 10.2. The minimum absolute atomic E-state index is 0.00523. The second kappa shape index (κ2) is 5.64. The fourth-order valence-electron chi connectivity index (χ4n) is 7.54. The Morgan fingerprint density at radius 2 is 1.81 bits per heavy atom. The third-order valence-electron chi connectivity index (χ3n) is 8.50. The number of carbonyl (C=O) groups excluding carboxylic acids is 2. The van der Waals surface area contributed by atoms with Crippen molar-refractivity contribution in [2.75, 3.05) is 13.7 Å². The number of allylic oxidation sites excluding steroid dienone is 2. The molecule has 3 nitrogen and oxygen atoms in total. The molecule has 0 spiro atoms. The van der Waals surface area contributed by atoms with Crippen molar-refractivity contribution < 1.29 is 14.3 Å². The van der Waals surface area contributed by atoms with Crippen molar-refractivity contribution in [1.82, 2.24) is 0 Å². The van der Waals surface area contributed by atoms with E-state index in [1.807, 2.05) is 0 Å². The highest BCUT2D eigenvalue weighted by Gasteiger charge is 2.62. The Hall–Kier alpha value is -1.22. The van der Waals surface area contributed by atoms with Crippen LogP contribution in [0.1, 0.15) is 66.2 Å². The number of rotatable bonds is 2. The molecule has 0 amide bonds. The van der Waals surface area contributed by atoms with Gasteiger partial charge in [0.1, 0.15) is 0 Å². The highest BCUT2D eigenvalue weighted by molar-refractivity contribution is 6.48. The van der Waals surface area contributed by atoms with Crippen LogP contribution in [0.2, 0.25) is 0 Å². The number of ether oxygens (including phenoxy) is 1. The van der Waals surface area contributed by atoms with Crippen molar-refractivity contribution in [2.45, 2.75) is 66.2 Å². The summed E-state index contributed by atoms with van der Waals surface area (Å²) in [5.41, 5.74) is 3.53. The van der Waals surface area contributed by atoms with Crippen molar-refractivity contribution in [3.8, 4) is 0 Å². The Morgan fingerprint density at radius 1 is 1.08 bits per heavy atom. The number of Topliss-reactive ketones (excluding diaryl/α,β-unsaturated/α-hetero) is 1. The summed E-state index contributed by atoms with van der Waals surface area (Å²) in [7, 11) is 1.67. The van der Waals surface area contributed by atoms with E-state index >= 15 is 0 Å². The van der Waals surface area contributed by atoms with Crippen LogP contribution in [0, 0.1) is 28.1 Å². The number of carbonyl (C=O) groups is 2. The molecule has 4 aliphatic carbocycles. The Kier molecular flexibility index (Phi) is 3.94. The summed E-state index contributed by atoms with van der Waals surface area (Å²) >= 11 is 0. The maximum atomic E-state index is 12.7. The van der Waals surface area contributed by atoms with Gasteiger partial charge in [0.05, 0.1) is 6.61 Å². The smallest absolute Gasteiger partial charge is 0.229 e. The van der Waals surface area contributed by atoms with Crippen molar-refractivity contribution in [1.29, 1.82) is 0 Å². The van der Waals surface area contributed by atoms with E-state index in [9.17, 15) is 9.59 Å². The van der Waals surface area contributed by atoms with E-state index in [0.29, 0.717) is 23.9 Å². The van der Waals surface area contributed by atoms with Crippen LogP contribution in [0.4, 0.5) is 0 Å². The minimum Gasteiger partial charge on any atom is -0.380 e. The van der Waals surface area contributed by atoms with Crippen LogP contribution < -0.4 is 0 Å². The molecule has 142 valence electrons. The minimum atomic E-state index is -0.358. The second-order valence-corrected chi connectivity index (χ2v) is 10.3. The molecule has 0 radical (unpaired) electrons. The number of hydrogen-bond acceptors (Lipinski definition) is 3. The molecule has 3 heteroatoms. The third kappa shape index (κ3) is 2.22.